The van der Waals surface area contributed by atoms with E-state index in [1.807, 2.05) is 30.3 Å². The van der Waals surface area contributed by atoms with Crippen molar-refractivity contribution in [2.75, 3.05) is 5.75 Å². The Labute approximate surface area is 110 Å². The number of hydrogen-bond acceptors (Lipinski definition) is 2. The molecule has 92 valence electrons. The Hall–Kier alpha value is -1.61. The lowest BCUT2D eigenvalue weighted by molar-refractivity contribution is 0.102. The minimum Gasteiger partial charge on any atom is -0.293 e. The number of carbonyl (C=O) groups is 1. The van der Waals surface area contributed by atoms with Crippen molar-refractivity contribution in [2.45, 2.75) is 5.75 Å². The third kappa shape index (κ3) is 3.70. The fourth-order valence-electron chi connectivity index (χ4n) is 1.58. The summed E-state index contributed by atoms with van der Waals surface area (Å²) in [5, 5.41) is 0. The SMILES string of the molecule is O=C(CSCc1ccccc1)c1cccc(F)c1. The Morgan fingerprint density at radius 3 is 2.56 bits per heavy atom. The summed E-state index contributed by atoms with van der Waals surface area (Å²) in [5.74, 6) is 0.768. The van der Waals surface area contributed by atoms with Crippen molar-refractivity contribution in [3.63, 3.8) is 0 Å². The summed E-state index contributed by atoms with van der Waals surface area (Å²) in [7, 11) is 0. The molecule has 0 atom stereocenters. The average Bonchev–Trinajstić information content (AvgIpc) is 2.40. The number of ketones is 1. The molecule has 0 saturated heterocycles. The zero-order valence-corrected chi connectivity index (χ0v) is 10.6. The normalized spacial score (nSPS) is 10.3. The first-order valence-corrected chi connectivity index (χ1v) is 6.81. The number of carbonyl (C=O) groups excluding carboxylic acids is 1. The van der Waals surface area contributed by atoms with Crippen LogP contribution in [-0.2, 0) is 5.75 Å². The van der Waals surface area contributed by atoms with Gasteiger partial charge in [-0.3, -0.25) is 4.79 Å². The first-order chi connectivity index (χ1) is 8.75. The number of thioether (sulfide) groups is 1. The van der Waals surface area contributed by atoms with Crippen LogP contribution in [0.25, 0.3) is 0 Å². The van der Waals surface area contributed by atoms with Gasteiger partial charge in [0.05, 0.1) is 5.75 Å². The van der Waals surface area contributed by atoms with Gasteiger partial charge in [0.25, 0.3) is 0 Å². The minimum absolute atomic E-state index is 0.0320. The summed E-state index contributed by atoms with van der Waals surface area (Å²) in [6.45, 7) is 0. The molecule has 0 spiro atoms. The summed E-state index contributed by atoms with van der Waals surface area (Å²) >= 11 is 1.54. The van der Waals surface area contributed by atoms with Gasteiger partial charge in [-0.05, 0) is 17.7 Å². The Balaban J connectivity index is 1.86. The molecule has 3 heteroatoms. The zero-order valence-electron chi connectivity index (χ0n) is 9.80. The second-order valence-electron chi connectivity index (χ2n) is 3.91. The first-order valence-electron chi connectivity index (χ1n) is 5.66. The van der Waals surface area contributed by atoms with Crippen LogP contribution in [0.5, 0.6) is 0 Å². The second-order valence-corrected chi connectivity index (χ2v) is 4.90. The molecular formula is C15H13FOS. The highest BCUT2D eigenvalue weighted by atomic mass is 32.2. The van der Waals surface area contributed by atoms with E-state index in [2.05, 4.69) is 0 Å². The molecule has 0 amide bonds. The van der Waals surface area contributed by atoms with Gasteiger partial charge in [-0.15, -0.1) is 11.8 Å². The van der Waals surface area contributed by atoms with Crippen molar-refractivity contribution in [3.05, 3.63) is 71.5 Å². The summed E-state index contributed by atoms with van der Waals surface area (Å²) in [6.07, 6.45) is 0. The van der Waals surface area contributed by atoms with Gasteiger partial charge in [-0.2, -0.15) is 0 Å². The van der Waals surface area contributed by atoms with Crippen LogP contribution >= 0.6 is 11.8 Å². The number of benzene rings is 2. The van der Waals surface area contributed by atoms with Gasteiger partial charge in [0.1, 0.15) is 5.82 Å². The maximum atomic E-state index is 13.0. The molecule has 0 aliphatic rings. The third-order valence-electron chi connectivity index (χ3n) is 2.49. The van der Waals surface area contributed by atoms with Crippen LogP contribution in [0, 0.1) is 5.82 Å². The van der Waals surface area contributed by atoms with E-state index in [0.29, 0.717) is 11.3 Å². The van der Waals surface area contributed by atoms with Crippen LogP contribution < -0.4 is 0 Å². The summed E-state index contributed by atoms with van der Waals surface area (Å²) in [4.78, 5) is 11.8. The Kier molecular flexibility index (Phi) is 4.53. The van der Waals surface area contributed by atoms with Crippen molar-refractivity contribution >= 4 is 17.5 Å². The molecule has 0 heterocycles. The molecule has 0 aliphatic carbocycles. The molecule has 0 bridgehead atoms. The lowest BCUT2D eigenvalue weighted by atomic mass is 10.1. The molecule has 2 aromatic carbocycles. The average molecular weight is 260 g/mol. The van der Waals surface area contributed by atoms with Crippen molar-refractivity contribution in [2.24, 2.45) is 0 Å². The molecule has 0 unspecified atom stereocenters. The standard InChI is InChI=1S/C15H13FOS/c16-14-8-4-7-13(9-14)15(17)11-18-10-12-5-2-1-3-6-12/h1-9H,10-11H2. The van der Waals surface area contributed by atoms with E-state index in [9.17, 15) is 9.18 Å². The van der Waals surface area contributed by atoms with Crippen LogP contribution in [-0.4, -0.2) is 11.5 Å². The van der Waals surface area contributed by atoms with Gasteiger partial charge < -0.3 is 0 Å². The summed E-state index contributed by atoms with van der Waals surface area (Å²) in [6, 6.07) is 15.8. The quantitative estimate of drug-likeness (QED) is 0.757. The maximum absolute atomic E-state index is 13.0. The molecule has 2 aromatic rings. The smallest absolute Gasteiger partial charge is 0.172 e. The number of hydrogen-bond donors (Lipinski definition) is 0. The Bertz CT molecular complexity index is 525. The van der Waals surface area contributed by atoms with E-state index in [-0.39, 0.29) is 11.6 Å². The largest absolute Gasteiger partial charge is 0.293 e. The van der Waals surface area contributed by atoms with Gasteiger partial charge in [0.2, 0.25) is 0 Å². The minimum atomic E-state index is -0.367. The molecule has 1 nitrogen and oxygen atoms in total. The lowest BCUT2D eigenvalue weighted by Crippen LogP contribution is -2.02. The van der Waals surface area contributed by atoms with Gasteiger partial charge in [-0.25, -0.2) is 4.39 Å². The molecule has 0 N–H and O–H groups in total. The van der Waals surface area contributed by atoms with Gasteiger partial charge >= 0.3 is 0 Å². The van der Waals surface area contributed by atoms with E-state index in [4.69, 9.17) is 0 Å². The molecule has 2 rings (SSSR count). The number of rotatable bonds is 5. The topological polar surface area (TPSA) is 17.1 Å². The first kappa shape index (κ1) is 12.8. The van der Waals surface area contributed by atoms with E-state index in [1.54, 1.807) is 23.9 Å². The van der Waals surface area contributed by atoms with Crippen molar-refractivity contribution in [1.29, 1.82) is 0 Å². The monoisotopic (exact) mass is 260 g/mol. The third-order valence-corrected chi connectivity index (χ3v) is 3.50. The van der Waals surface area contributed by atoms with Crippen LogP contribution in [0.2, 0.25) is 0 Å². The lowest BCUT2D eigenvalue weighted by Gasteiger charge is -2.02. The van der Waals surface area contributed by atoms with Crippen LogP contribution in [0.4, 0.5) is 4.39 Å². The fraction of sp³-hybridized carbons (Fsp3) is 0.133. The zero-order chi connectivity index (χ0) is 12.8. The van der Waals surface area contributed by atoms with Crippen LogP contribution in [0.3, 0.4) is 0 Å². The van der Waals surface area contributed by atoms with Crippen LogP contribution in [0.15, 0.2) is 54.6 Å². The van der Waals surface area contributed by atoms with Gasteiger partial charge in [0.15, 0.2) is 5.78 Å². The number of Topliss-reactive ketones (excluding diaryl/α,β-unsaturated/α-hetero) is 1. The highest BCUT2D eigenvalue weighted by Gasteiger charge is 2.06. The van der Waals surface area contributed by atoms with E-state index >= 15 is 0 Å². The Morgan fingerprint density at radius 1 is 1.06 bits per heavy atom. The Morgan fingerprint density at radius 2 is 1.83 bits per heavy atom. The maximum Gasteiger partial charge on any atom is 0.172 e. The van der Waals surface area contributed by atoms with Crippen molar-refractivity contribution in [1.82, 2.24) is 0 Å². The highest BCUT2D eigenvalue weighted by Crippen LogP contribution is 2.14. The van der Waals surface area contributed by atoms with Crippen LogP contribution in [0.1, 0.15) is 15.9 Å². The molecule has 0 radical (unpaired) electrons. The fourth-order valence-corrected chi connectivity index (χ4v) is 2.46. The molecule has 0 saturated carbocycles. The summed E-state index contributed by atoms with van der Waals surface area (Å²) in [5.41, 5.74) is 1.63. The van der Waals surface area contributed by atoms with Gasteiger partial charge in [0, 0.05) is 11.3 Å². The molecule has 0 aromatic heterocycles. The highest BCUT2D eigenvalue weighted by molar-refractivity contribution is 7.99. The van der Waals surface area contributed by atoms with Gasteiger partial charge in [-0.1, -0.05) is 42.5 Å². The molecule has 18 heavy (non-hydrogen) atoms. The number of halogens is 1. The van der Waals surface area contributed by atoms with E-state index in [0.717, 1.165) is 5.75 Å². The summed E-state index contributed by atoms with van der Waals surface area (Å²) < 4.78 is 13.0. The molecular weight excluding hydrogens is 247 g/mol. The second kappa shape index (κ2) is 6.36. The molecule has 0 fully saturated rings. The predicted molar refractivity (Wildman–Crippen MR) is 73.3 cm³/mol. The van der Waals surface area contributed by atoms with Crippen molar-refractivity contribution < 1.29 is 9.18 Å². The predicted octanol–water partition coefficient (Wildman–Crippen LogP) is 3.94. The molecule has 0 aliphatic heterocycles. The van der Waals surface area contributed by atoms with E-state index < -0.39 is 0 Å². The van der Waals surface area contributed by atoms with Crippen molar-refractivity contribution in [3.8, 4) is 0 Å². The van der Waals surface area contributed by atoms with E-state index in [1.165, 1.54) is 17.7 Å².